The molecule has 2 aliphatic heterocycles. The summed E-state index contributed by atoms with van der Waals surface area (Å²) in [5.41, 5.74) is 0.136. The summed E-state index contributed by atoms with van der Waals surface area (Å²) in [5.74, 6) is 0.846. The molecule has 33 heavy (non-hydrogen) atoms. The molecule has 2 saturated heterocycles. The summed E-state index contributed by atoms with van der Waals surface area (Å²) < 4.78 is 7.77. The van der Waals surface area contributed by atoms with Crippen LogP contribution in [0.4, 0.5) is 0 Å². The Hall–Kier alpha value is -2.58. The molecule has 0 aliphatic carbocycles. The van der Waals surface area contributed by atoms with Crippen LogP contribution < -0.4 is 4.74 Å². The van der Waals surface area contributed by atoms with Gasteiger partial charge in [-0.2, -0.15) is 5.10 Å². The van der Waals surface area contributed by atoms with E-state index in [1.165, 1.54) is 0 Å². The first-order chi connectivity index (χ1) is 15.8. The highest BCUT2D eigenvalue weighted by molar-refractivity contribution is 6.30. The number of likely N-dealkylation sites (N-methyl/N-ethyl adjacent to an activating group) is 1. The minimum Gasteiger partial charge on any atom is -0.493 e. The van der Waals surface area contributed by atoms with Crippen molar-refractivity contribution in [1.82, 2.24) is 24.5 Å². The SMILES string of the molecule is CN1CCN(C(=O)CC2(COc3ccc(Cl)cc3)CCN(C(=O)c3ccn(C)n3)CC2)CC1. The first-order valence-corrected chi connectivity index (χ1v) is 11.8. The van der Waals surface area contributed by atoms with Crippen LogP contribution in [0.15, 0.2) is 36.5 Å². The maximum absolute atomic E-state index is 13.2. The first kappa shape index (κ1) is 23.6. The summed E-state index contributed by atoms with van der Waals surface area (Å²) >= 11 is 6.00. The fourth-order valence-corrected chi connectivity index (χ4v) is 4.63. The van der Waals surface area contributed by atoms with Gasteiger partial charge in [0.15, 0.2) is 0 Å². The van der Waals surface area contributed by atoms with Gasteiger partial charge in [0.2, 0.25) is 5.91 Å². The van der Waals surface area contributed by atoms with E-state index < -0.39 is 0 Å². The molecule has 2 aliphatic rings. The Morgan fingerprint density at radius 3 is 2.24 bits per heavy atom. The average Bonchev–Trinajstić information content (AvgIpc) is 3.25. The number of likely N-dealkylation sites (tertiary alicyclic amines) is 1. The van der Waals surface area contributed by atoms with E-state index >= 15 is 0 Å². The molecular formula is C24H32ClN5O3. The van der Waals surface area contributed by atoms with E-state index in [9.17, 15) is 9.59 Å². The van der Waals surface area contributed by atoms with E-state index in [1.54, 1.807) is 36.1 Å². The van der Waals surface area contributed by atoms with E-state index in [2.05, 4.69) is 17.0 Å². The number of nitrogens with zero attached hydrogens (tertiary/aromatic N) is 5. The monoisotopic (exact) mass is 473 g/mol. The Morgan fingerprint density at radius 2 is 1.64 bits per heavy atom. The smallest absolute Gasteiger partial charge is 0.274 e. The summed E-state index contributed by atoms with van der Waals surface area (Å²) in [7, 11) is 3.88. The molecule has 1 aromatic carbocycles. The third kappa shape index (κ3) is 5.86. The molecular weight excluding hydrogens is 442 g/mol. The summed E-state index contributed by atoms with van der Waals surface area (Å²) in [6, 6.07) is 9.03. The molecule has 1 aromatic heterocycles. The zero-order valence-corrected chi connectivity index (χ0v) is 20.1. The zero-order chi connectivity index (χ0) is 23.4. The Bertz CT molecular complexity index is 961. The lowest BCUT2D eigenvalue weighted by atomic mass is 9.75. The van der Waals surface area contributed by atoms with Gasteiger partial charge in [-0.3, -0.25) is 14.3 Å². The number of piperazine rings is 1. The Kier molecular flexibility index (Phi) is 7.24. The number of amides is 2. The van der Waals surface area contributed by atoms with E-state index in [-0.39, 0.29) is 17.2 Å². The number of aromatic nitrogens is 2. The summed E-state index contributed by atoms with van der Waals surface area (Å²) in [5, 5.41) is 4.90. The van der Waals surface area contributed by atoms with Crippen LogP contribution in [0.1, 0.15) is 29.8 Å². The van der Waals surface area contributed by atoms with Gasteiger partial charge in [-0.1, -0.05) is 11.6 Å². The second kappa shape index (κ2) is 10.1. The van der Waals surface area contributed by atoms with Crippen LogP contribution in [0.3, 0.4) is 0 Å². The van der Waals surface area contributed by atoms with E-state index in [4.69, 9.17) is 16.3 Å². The maximum Gasteiger partial charge on any atom is 0.274 e. The lowest BCUT2D eigenvalue weighted by Crippen LogP contribution is -2.51. The molecule has 0 unspecified atom stereocenters. The molecule has 0 atom stereocenters. The van der Waals surface area contributed by atoms with Crippen LogP contribution in [0.5, 0.6) is 5.75 Å². The number of carbonyl (C=O) groups excluding carboxylic acids is 2. The number of piperidine rings is 1. The highest BCUT2D eigenvalue weighted by atomic mass is 35.5. The highest BCUT2D eigenvalue weighted by Crippen LogP contribution is 2.37. The average molecular weight is 474 g/mol. The first-order valence-electron chi connectivity index (χ1n) is 11.5. The summed E-state index contributed by atoms with van der Waals surface area (Å²) in [4.78, 5) is 32.1. The minimum atomic E-state index is -0.318. The highest BCUT2D eigenvalue weighted by Gasteiger charge is 2.40. The van der Waals surface area contributed by atoms with Gasteiger partial charge >= 0.3 is 0 Å². The normalized spacial score (nSPS) is 18.9. The Labute approximate surface area is 200 Å². The number of aryl methyl sites for hydroxylation is 1. The van der Waals surface area contributed by atoms with Gasteiger partial charge < -0.3 is 19.4 Å². The number of benzene rings is 1. The van der Waals surface area contributed by atoms with Crippen molar-refractivity contribution in [3.05, 3.63) is 47.2 Å². The lowest BCUT2D eigenvalue weighted by Gasteiger charge is -2.42. The van der Waals surface area contributed by atoms with Crippen molar-refractivity contribution in [1.29, 1.82) is 0 Å². The number of hydrogen-bond acceptors (Lipinski definition) is 5. The molecule has 2 fully saturated rings. The van der Waals surface area contributed by atoms with Gasteiger partial charge in [0.05, 0.1) is 6.61 Å². The predicted octanol–water partition coefficient (Wildman–Crippen LogP) is 2.54. The third-order valence-corrected chi connectivity index (χ3v) is 7.04. The summed E-state index contributed by atoms with van der Waals surface area (Å²) in [6.45, 7) is 4.89. The van der Waals surface area contributed by atoms with Gasteiger partial charge in [0, 0.05) is 69.4 Å². The van der Waals surface area contributed by atoms with Crippen molar-refractivity contribution in [2.45, 2.75) is 19.3 Å². The van der Waals surface area contributed by atoms with Crippen LogP contribution in [0.25, 0.3) is 0 Å². The molecule has 2 amide bonds. The van der Waals surface area contributed by atoms with Crippen LogP contribution in [-0.2, 0) is 11.8 Å². The van der Waals surface area contributed by atoms with Crippen molar-refractivity contribution in [2.75, 3.05) is 52.9 Å². The van der Waals surface area contributed by atoms with Crippen molar-refractivity contribution in [3.8, 4) is 5.75 Å². The second-order valence-corrected chi connectivity index (χ2v) is 9.71. The molecule has 0 saturated carbocycles. The molecule has 0 spiro atoms. The number of hydrogen-bond donors (Lipinski definition) is 0. The van der Waals surface area contributed by atoms with Gasteiger partial charge in [-0.15, -0.1) is 0 Å². The molecule has 3 heterocycles. The molecule has 8 nitrogen and oxygen atoms in total. The van der Waals surface area contributed by atoms with E-state index in [0.29, 0.717) is 49.7 Å². The van der Waals surface area contributed by atoms with Crippen LogP contribution in [0.2, 0.25) is 5.02 Å². The standard InChI is InChI=1S/C24H32ClN5O3/c1-27-13-15-29(16-14-27)22(31)17-24(18-33-20-5-3-19(25)4-6-20)8-11-30(12-9-24)23(32)21-7-10-28(2)26-21/h3-7,10H,8-9,11-18H2,1-2H3. The molecule has 9 heteroatoms. The molecule has 0 bridgehead atoms. The van der Waals surface area contributed by atoms with E-state index in [0.717, 1.165) is 31.9 Å². The largest absolute Gasteiger partial charge is 0.493 e. The molecule has 4 rings (SSSR count). The van der Waals surface area contributed by atoms with Gasteiger partial charge in [-0.05, 0) is 50.2 Å². The van der Waals surface area contributed by atoms with Crippen LogP contribution in [-0.4, -0.2) is 89.2 Å². The van der Waals surface area contributed by atoms with Crippen LogP contribution in [0, 0.1) is 5.41 Å². The van der Waals surface area contributed by atoms with Crippen molar-refractivity contribution in [3.63, 3.8) is 0 Å². The fourth-order valence-electron chi connectivity index (χ4n) is 4.50. The molecule has 0 radical (unpaired) electrons. The number of rotatable bonds is 6. The number of ether oxygens (including phenoxy) is 1. The molecule has 178 valence electrons. The molecule has 0 N–H and O–H groups in total. The van der Waals surface area contributed by atoms with Gasteiger partial charge in [0.25, 0.3) is 5.91 Å². The zero-order valence-electron chi connectivity index (χ0n) is 19.4. The predicted molar refractivity (Wildman–Crippen MR) is 126 cm³/mol. The van der Waals surface area contributed by atoms with Crippen LogP contribution >= 0.6 is 11.6 Å². The van der Waals surface area contributed by atoms with Gasteiger partial charge in [0.1, 0.15) is 11.4 Å². The quantitative estimate of drug-likeness (QED) is 0.644. The maximum atomic E-state index is 13.2. The molecule has 2 aromatic rings. The summed E-state index contributed by atoms with van der Waals surface area (Å²) in [6.07, 6.45) is 3.61. The van der Waals surface area contributed by atoms with Crippen molar-refractivity contribution < 1.29 is 14.3 Å². The Morgan fingerprint density at radius 1 is 0.970 bits per heavy atom. The number of halogens is 1. The van der Waals surface area contributed by atoms with Crippen molar-refractivity contribution in [2.24, 2.45) is 12.5 Å². The fraction of sp³-hybridized carbons (Fsp3) is 0.542. The minimum absolute atomic E-state index is 0.0618. The van der Waals surface area contributed by atoms with Gasteiger partial charge in [-0.25, -0.2) is 0 Å². The topological polar surface area (TPSA) is 70.9 Å². The second-order valence-electron chi connectivity index (χ2n) is 9.27. The van der Waals surface area contributed by atoms with E-state index in [1.807, 2.05) is 21.9 Å². The Balaban J connectivity index is 1.43. The van der Waals surface area contributed by atoms with Crippen molar-refractivity contribution >= 4 is 23.4 Å². The lowest BCUT2D eigenvalue weighted by molar-refractivity contribution is -0.136. The third-order valence-electron chi connectivity index (χ3n) is 6.78. The number of carbonyl (C=O) groups is 2.